The second kappa shape index (κ2) is 8.72. The van der Waals surface area contributed by atoms with E-state index in [2.05, 4.69) is 20.8 Å². The third-order valence-electron chi connectivity index (χ3n) is 5.83. The van der Waals surface area contributed by atoms with Gasteiger partial charge in [-0.15, -0.1) is 0 Å². The number of carbonyl (C=O) groups is 2. The molecule has 7 nitrogen and oxygen atoms in total. The molecule has 0 bridgehead atoms. The van der Waals surface area contributed by atoms with Crippen molar-refractivity contribution in [2.75, 3.05) is 11.9 Å². The highest BCUT2D eigenvalue weighted by Gasteiger charge is 2.35. The SMILES string of the molecule is O=C(N[C@@H](CO)C(=O)Nc1cc(-c2ccccc2)[nH]n1)C1c2ccccc2-c2ccccc21. The maximum atomic E-state index is 13.3. The molecule has 1 heterocycles. The summed E-state index contributed by atoms with van der Waals surface area (Å²) in [6, 6.07) is 25.6. The minimum Gasteiger partial charge on any atom is -0.394 e. The number of carbonyl (C=O) groups excluding carboxylic acids is 2. The van der Waals surface area contributed by atoms with Crippen LogP contribution in [0.5, 0.6) is 0 Å². The number of aliphatic hydroxyl groups excluding tert-OH is 1. The minimum atomic E-state index is -1.12. The van der Waals surface area contributed by atoms with Crippen LogP contribution in [0.25, 0.3) is 22.4 Å². The molecule has 1 aliphatic carbocycles. The third-order valence-corrected chi connectivity index (χ3v) is 5.83. The van der Waals surface area contributed by atoms with Crippen LogP contribution in [0.1, 0.15) is 17.0 Å². The second-order valence-corrected chi connectivity index (χ2v) is 7.87. The van der Waals surface area contributed by atoms with Gasteiger partial charge in [-0.05, 0) is 27.8 Å². The lowest BCUT2D eigenvalue weighted by atomic mass is 9.95. The van der Waals surface area contributed by atoms with Gasteiger partial charge in [0.15, 0.2) is 5.82 Å². The number of amides is 2. The zero-order chi connectivity index (χ0) is 22.8. The Morgan fingerprint density at radius 2 is 1.52 bits per heavy atom. The summed E-state index contributed by atoms with van der Waals surface area (Å²) in [6.45, 7) is -0.538. The van der Waals surface area contributed by atoms with Crippen molar-refractivity contribution in [1.82, 2.24) is 15.5 Å². The number of aliphatic hydroxyl groups is 1. The molecule has 1 atom stereocenters. The number of nitrogens with one attached hydrogen (secondary N) is 3. The van der Waals surface area contributed by atoms with Gasteiger partial charge in [0.2, 0.25) is 5.91 Å². The number of aromatic amines is 1. The number of anilines is 1. The predicted octanol–water partition coefficient (Wildman–Crippen LogP) is 3.30. The normalized spacial score (nSPS) is 13.1. The van der Waals surface area contributed by atoms with E-state index in [-0.39, 0.29) is 5.91 Å². The molecule has 0 aliphatic heterocycles. The maximum absolute atomic E-state index is 13.3. The molecule has 1 aromatic heterocycles. The highest BCUT2D eigenvalue weighted by atomic mass is 16.3. The molecular formula is C26H22N4O3. The first-order valence-electron chi connectivity index (χ1n) is 10.7. The summed E-state index contributed by atoms with van der Waals surface area (Å²) in [6.07, 6.45) is 0. The maximum Gasteiger partial charge on any atom is 0.250 e. The Morgan fingerprint density at radius 3 is 2.15 bits per heavy atom. The second-order valence-electron chi connectivity index (χ2n) is 7.87. The Morgan fingerprint density at radius 1 is 0.909 bits per heavy atom. The fraction of sp³-hybridized carbons (Fsp3) is 0.115. The number of H-pyrrole nitrogens is 1. The van der Waals surface area contributed by atoms with Crippen molar-refractivity contribution in [2.24, 2.45) is 0 Å². The molecule has 0 saturated heterocycles. The van der Waals surface area contributed by atoms with Gasteiger partial charge in [-0.1, -0.05) is 78.9 Å². The summed E-state index contributed by atoms with van der Waals surface area (Å²) < 4.78 is 0. The summed E-state index contributed by atoms with van der Waals surface area (Å²) in [5.41, 5.74) is 5.44. The van der Waals surface area contributed by atoms with Crippen LogP contribution in [0.3, 0.4) is 0 Å². The molecule has 4 aromatic rings. The van der Waals surface area contributed by atoms with Gasteiger partial charge in [0.25, 0.3) is 5.91 Å². The van der Waals surface area contributed by atoms with Crippen molar-refractivity contribution >= 4 is 17.6 Å². The molecular weight excluding hydrogens is 416 g/mol. The Bertz CT molecular complexity index is 1270. The van der Waals surface area contributed by atoms with Gasteiger partial charge in [0, 0.05) is 6.07 Å². The molecule has 2 amide bonds. The van der Waals surface area contributed by atoms with Crippen LogP contribution in [0.4, 0.5) is 5.82 Å². The van der Waals surface area contributed by atoms with Gasteiger partial charge in [0.1, 0.15) is 6.04 Å². The highest BCUT2D eigenvalue weighted by molar-refractivity contribution is 6.01. The average Bonchev–Trinajstić information content (AvgIpc) is 3.45. The van der Waals surface area contributed by atoms with Crippen LogP contribution < -0.4 is 10.6 Å². The molecule has 3 aromatic carbocycles. The predicted molar refractivity (Wildman–Crippen MR) is 125 cm³/mol. The fourth-order valence-corrected chi connectivity index (χ4v) is 4.25. The van der Waals surface area contributed by atoms with Crippen LogP contribution >= 0.6 is 0 Å². The van der Waals surface area contributed by atoms with Crippen molar-refractivity contribution in [1.29, 1.82) is 0 Å². The largest absolute Gasteiger partial charge is 0.394 e. The van der Waals surface area contributed by atoms with E-state index in [1.165, 1.54) is 0 Å². The Kier molecular flexibility index (Phi) is 5.46. The van der Waals surface area contributed by atoms with Crippen molar-refractivity contribution in [3.8, 4) is 22.4 Å². The molecule has 1 aliphatic rings. The van der Waals surface area contributed by atoms with Crippen molar-refractivity contribution in [3.05, 3.63) is 96.1 Å². The van der Waals surface area contributed by atoms with Crippen LogP contribution in [-0.2, 0) is 9.59 Å². The van der Waals surface area contributed by atoms with Crippen LogP contribution in [0.15, 0.2) is 84.9 Å². The molecule has 33 heavy (non-hydrogen) atoms. The van der Waals surface area contributed by atoms with E-state index in [0.717, 1.165) is 33.5 Å². The van der Waals surface area contributed by atoms with Gasteiger partial charge < -0.3 is 15.7 Å². The quantitative estimate of drug-likeness (QED) is 0.370. The Balaban J connectivity index is 1.32. The summed E-state index contributed by atoms with van der Waals surface area (Å²) in [5.74, 6) is -1.12. The monoisotopic (exact) mass is 438 g/mol. The van der Waals surface area contributed by atoms with E-state index in [1.807, 2.05) is 78.9 Å². The zero-order valence-corrected chi connectivity index (χ0v) is 17.7. The molecule has 0 saturated carbocycles. The van der Waals surface area contributed by atoms with E-state index in [0.29, 0.717) is 5.82 Å². The first-order valence-corrected chi connectivity index (χ1v) is 10.7. The van der Waals surface area contributed by atoms with Gasteiger partial charge in [0.05, 0.1) is 18.2 Å². The molecule has 164 valence electrons. The molecule has 4 N–H and O–H groups in total. The summed E-state index contributed by atoms with van der Waals surface area (Å²) in [5, 5.41) is 22.2. The van der Waals surface area contributed by atoms with Gasteiger partial charge >= 0.3 is 0 Å². The average molecular weight is 438 g/mol. The lowest BCUT2D eigenvalue weighted by Gasteiger charge is -2.19. The minimum absolute atomic E-state index is 0.308. The lowest BCUT2D eigenvalue weighted by molar-refractivity contribution is -0.127. The van der Waals surface area contributed by atoms with E-state index in [1.54, 1.807) is 6.07 Å². The first-order chi connectivity index (χ1) is 16.2. The summed E-state index contributed by atoms with van der Waals surface area (Å²) >= 11 is 0. The van der Waals surface area contributed by atoms with E-state index < -0.39 is 24.5 Å². The fourth-order valence-electron chi connectivity index (χ4n) is 4.25. The number of hydrogen-bond acceptors (Lipinski definition) is 4. The van der Waals surface area contributed by atoms with Crippen LogP contribution in [-0.4, -0.2) is 39.8 Å². The molecule has 7 heteroatoms. The van der Waals surface area contributed by atoms with E-state index >= 15 is 0 Å². The Labute approximate surface area is 190 Å². The first kappa shape index (κ1) is 20.7. The van der Waals surface area contributed by atoms with Crippen LogP contribution in [0.2, 0.25) is 0 Å². The zero-order valence-electron chi connectivity index (χ0n) is 17.7. The standard InChI is InChI=1S/C26H22N4O3/c31-15-22(25(32)28-23-14-21(29-30-23)16-8-2-1-3-9-16)27-26(33)24-19-12-6-4-10-17(19)18-11-5-7-13-20(18)24/h1-14,22,24,31H,15H2,(H,27,33)(H2,28,29,30,32)/t22-/m0/s1. The van der Waals surface area contributed by atoms with E-state index in [4.69, 9.17) is 0 Å². The van der Waals surface area contributed by atoms with Gasteiger partial charge in [-0.2, -0.15) is 5.10 Å². The number of nitrogens with zero attached hydrogens (tertiary/aromatic N) is 1. The van der Waals surface area contributed by atoms with Crippen molar-refractivity contribution < 1.29 is 14.7 Å². The smallest absolute Gasteiger partial charge is 0.250 e. The Hall–Kier alpha value is -4.23. The number of benzene rings is 3. The molecule has 0 radical (unpaired) electrons. The third kappa shape index (κ3) is 3.90. The lowest BCUT2D eigenvalue weighted by Crippen LogP contribution is -2.47. The molecule has 5 rings (SSSR count). The van der Waals surface area contributed by atoms with E-state index in [9.17, 15) is 14.7 Å². The van der Waals surface area contributed by atoms with Crippen LogP contribution in [0, 0.1) is 0 Å². The molecule has 0 spiro atoms. The number of fused-ring (bicyclic) bond motifs is 3. The summed E-state index contributed by atoms with van der Waals surface area (Å²) in [7, 11) is 0. The van der Waals surface area contributed by atoms with Crippen molar-refractivity contribution in [3.63, 3.8) is 0 Å². The molecule has 0 fully saturated rings. The highest BCUT2D eigenvalue weighted by Crippen LogP contribution is 2.44. The van der Waals surface area contributed by atoms with Gasteiger partial charge in [-0.3, -0.25) is 14.7 Å². The van der Waals surface area contributed by atoms with Gasteiger partial charge in [-0.25, -0.2) is 0 Å². The number of hydrogen-bond donors (Lipinski definition) is 4. The number of aromatic nitrogens is 2. The number of rotatable bonds is 6. The van der Waals surface area contributed by atoms with Crippen molar-refractivity contribution in [2.45, 2.75) is 12.0 Å². The topological polar surface area (TPSA) is 107 Å². The molecule has 0 unspecified atom stereocenters. The summed E-state index contributed by atoms with van der Waals surface area (Å²) in [4.78, 5) is 26.1.